The number of fused-ring (bicyclic) bond motifs is 1. The van der Waals surface area contributed by atoms with Gasteiger partial charge in [-0.3, -0.25) is 4.98 Å². The molecule has 1 aliphatic heterocycles. The monoisotopic (exact) mass is 303 g/mol. The van der Waals surface area contributed by atoms with E-state index in [1.807, 2.05) is 38.1 Å². The second kappa shape index (κ2) is 5.66. The fourth-order valence-corrected chi connectivity index (χ4v) is 3.15. The number of nitrogens with zero attached hydrogens (tertiary/aromatic N) is 1. The Labute approximate surface area is 129 Å². The maximum absolute atomic E-state index is 10.5. The Morgan fingerprint density at radius 3 is 2.67 bits per heavy atom. The van der Waals surface area contributed by atoms with E-state index in [-0.39, 0.29) is 0 Å². The van der Waals surface area contributed by atoms with E-state index in [0.717, 1.165) is 40.2 Å². The Morgan fingerprint density at radius 1 is 1.24 bits per heavy atom. The van der Waals surface area contributed by atoms with E-state index >= 15 is 0 Å². The van der Waals surface area contributed by atoms with E-state index in [2.05, 4.69) is 4.98 Å². The van der Waals surface area contributed by atoms with Crippen molar-refractivity contribution in [3.63, 3.8) is 0 Å². The first-order valence-electron chi connectivity index (χ1n) is 7.10. The SMILES string of the molecule is Cc1cc(C(O)Cc2cc(Cl)cc3c2OCC3)cc(C)n1. The van der Waals surface area contributed by atoms with Crippen LogP contribution >= 0.6 is 11.6 Å². The molecule has 0 aliphatic carbocycles. The van der Waals surface area contributed by atoms with Crippen molar-refractivity contribution in [3.8, 4) is 5.75 Å². The van der Waals surface area contributed by atoms with Crippen molar-refractivity contribution in [2.45, 2.75) is 32.8 Å². The third-order valence-corrected chi connectivity index (χ3v) is 3.95. The molecule has 0 spiro atoms. The summed E-state index contributed by atoms with van der Waals surface area (Å²) in [6.07, 6.45) is 0.787. The van der Waals surface area contributed by atoms with Crippen LogP contribution in [0.1, 0.15) is 34.2 Å². The van der Waals surface area contributed by atoms with E-state index in [9.17, 15) is 5.11 Å². The molecule has 0 bridgehead atoms. The molecule has 0 saturated heterocycles. The Morgan fingerprint density at radius 2 is 1.95 bits per heavy atom. The molecule has 0 fully saturated rings. The summed E-state index contributed by atoms with van der Waals surface area (Å²) in [5.74, 6) is 0.890. The summed E-state index contributed by atoms with van der Waals surface area (Å²) in [5, 5.41) is 11.2. The number of aliphatic hydroxyl groups excluding tert-OH is 1. The minimum absolute atomic E-state index is 0.492. The average molecular weight is 304 g/mol. The highest BCUT2D eigenvalue weighted by molar-refractivity contribution is 6.30. The molecule has 21 heavy (non-hydrogen) atoms. The van der Waals surface area contributed by atoms with Gasteiger partial charge in [-0.1, -0.05) is 11.6 Å². The molecule has 0 amide bonds. The minimum atomic E-state index is -0.586. The molecular weight excluding hydrogens is 286 g/mol. The molecule has 110 valence electrons. The first kappa shape index (κ1) is 14.4. The van der Waals surface area contributed by atoms with Gasteiger partial charge in [0.2, 0.25) is 0 Å². The second-order valence-corrected chi connectivity index (χ2v) is 5.99. The number of hydrogen-bond donors (Lipinski definition) is 1. The molecule has 1 unspecified atom stereocenters. The molecule has 2 heterocycles. The van der Waals surface area contributed by atoms with Gasteiger partial charge < -0.3 is 9.84 Å². The van der Waals surface area contributed by atoms with Crippen molar-refractivity contribution in [2.24, 2.45) is 0 Å². The van der Waals surface area contributed by atoms with Crippen LogP contribution < -0.4 is 4.74 Å². The van der Waals surface area contributed by atoms with Gasteiger partial charge >= 0.3 is 0 Å². The Balaban J connectivity index is 1.90. The number of aryl methyl sites for hydroxylation is 2. The molecule has 1 atom stereocenters. The predicted molar refractivity (Wildman–Crippen MR) is 83.0 cm³/mol. The van der Waals surface area contributed by atoms with Crippen LogP contribution in [0.5, 0.6) is 5.75 Å². The lowest BCUT2D eigenvalue weighted by molar-refractivity contribution is 0.177. The molecular formula is C17H18ClNO2. The molecule has 1 aliphatic rings. The van der Waals surface area contributed by atoms with Crippen LogP contribution in [0.25, 0.3) is 0 Å². The molecule has 0 saturated carbocycles. The first-order chi connectivity index (χ1) is 10.0. The molecule has 3 rings (SSSR count). The van der Waals surface area contributed by atoms with E-state index in [1.54, 1.807) is 0 Å². The van der Waals surface area contributed by atoms with Gasteiger partial charge in [0, 0.05) is 29.3 Å². The number of benzene rings is 1. The molecule has 3 nitrogen and oxygen atoms in total. The minimum Gasteiger partial charge on any atom is -0.493 e. The highest BCUT2D eigenvalue weighted by Crippen LogP contribution is 2.35. The van der Waals surface area contributed by atoms with Crippen LogP contribution in [-0.2, 0) is 12.8 Å². The number of aromatic nitrogens is 1. The maximum Gasteiger partial charge on any atom is 0.126 e. The highest BCUT2D eigenvalue weighted by Gasteiger charge is 2.20. The normalized spacial score (nSPS) is 14.7. The van der Waals surface area contributed by atoms with E-state index in [4.69, 9.17) is 16.3 Å². The Bertz CT molecular complexity index is 664. The van der Waals surface area contributed by atoms with Crippen LogP contribution in [0.15, 0.2) is 24.3 Å². The van der Waals surface area contributed by atoms with Crippen molar-refractivity contribution in [1.82, 2.24) is 4.98 Å². The van der Waals surface area contributed by atoms with Gasteiger partial charge in [0.1, 0.15) is 5.75 Å². The Kier molecular flexibility index (Phi) is 3.87. The van der Waals surface area contributed by atoms with E-state index in [1.165, 1.54) is 0 Å². The summed E-state index contributed by atoms with van der Waals surface area (Å²) in [6, 6.07) is 7.67. The number of hydrogen-bond acceptors (Lipinski definition) is 3. The smallest absolute Gasteiger partial charge is 0.126 e. The van der Waals surface area contributed by atoms with Gasteiger partial charge in [0.15, 0.2) is 0 Å². The zero-order valence-electron chi connectivity index (χ0n) is 12.2. The standard InChI is InChI=1S/C17H18ClNO2/c1-10-5-13(6-11(2)19-10)16(20)9-14-8-15(18)7-12-3-4-21-17(12)14/h5-8,16,20H,3-4,9H2,1-2H3. The van der Waals surface area contributed by atoms with Crippen molar-refractivity contribution in [1.29, 1.82) is 0 Å². The molecule has 1 aromatic carbocycles. The summed E-state index contributed by atoms with van der Waals surface area (Å²) in [7, 11) is 0. The summed E-state index contributed by atoms with van der Waals surface area (Å²) in [6.45, 7) is 4.55. The van der Waals surface area contributed by atoms with E-state index in [0.29, 0.717) is 18.1 Å². The van der Waals surface area contributed by atoms with Gasteiger partial charge in [0.25, 0.3) is 0 Å². The third-order valence-electron chi connectivity index (χ3n) is 3.73. The summed E-state index contributed by atoms with van der Waals surface area (Å²) in [5.41, 5.74) is 4.81. The van der Waals surface area contributed by atoms with Gasteiger partial charge in [0.05, 0.1) is 12.7 Å². The first-order valence-corrected chi connectivity index (χ1v) is 7.48. The highest BCUT2D eigenvalue weighted by atomic mass is 35.5. The molecule has 1 N–H and O–H groups in total. The number of aliphatic hydroxyl groups is 1. The number of rotatable bonds is 3. The lowest BCUT2D eigenvalue weighted by Gasteiger charge is -2.15. The van der Waals surface area contributed by atoms with Gasteiger partial charge in [-0.25, -0.2) is 0 Å². The van der Waals surface area contributed by atoms with Crippen molar-refractivity contribution in [3.05, 3.63) is 57.4 Å². The largest absolute Gasteiger partial charge is 0.493 e. The predicted octanol–water partition coefficient (Wildman–Crippen LogP) is 3.56. The van der Waals surface area contributed by atoms with Gasteiger partial charge in [-0.15, -0.1) is 0 Å². The summed E-state index contributed by atoms with van der Waals surface area (Å²) >= 11 is 6.16. The topological polar surface area (TPSA) is 42.4 Å². The second-order valence-electron chi connectivity index (χ2n) is 5.55. The molecule has 1 aromatic heterocycles. The maximum atomic E-state index is 10.5. The number of pyridine rings is 1. The van der Waals surface area contributed by atoms with Crippen molar-refractivity contribution >= 4 is 11.6 Å². The van der Waals surface area contributed by atoms with Crippen molar-refractivity contribution < 1.29 is 9.84 Å². The van der Waals surface area contributed by atoms with Crippen LogP contribution in [0.3, 0.4) is 0 Å². The van der Waals surface area contributed by atoms with Gasteiger partial charge in [-0.2, -0.15) is 0 Å². The Hall–Kier alpha value is -1.58. The fraction of sp³-hybridized carbons (Fsp3) is 0.353. The number of ether oxygens (including phenoxy) is 1. The van der Waals surface area contributed by atoms with Gasteiger partial charge in [-0.05, 0) is 54.8 Å². The van der Waals surface area contributed by atoms with Crippen LogP contribution in [0, 0.1) is 13.8 Å². The van der Waals surface area contributed by atoms with Crippen LogP contribution in [-0.4, -0.2) is 16.7 Å². The van der Waals surface area contributed by atoms with Crippen LogP contribution in [0.4, 0.5) is 0 Å². The summed E-state index contributed by atoms with van der Waals surface area (Å²) in [4.78, 5) is 4.34. The fourth-order valence-electron chi connectivity index (χ4n) is 2.88. The lowest BCUT2D eigenvalue weighted by Crippen LogP contribution is -2.05. The van der Waals surface area contributed by atoms with E-state index < -0.39 is 6.10 Å². The van der Waals surface area contributed by atoms with Crippen molar-refractivity contribution in [2.75, 3.05) is 6.61 Å². The summed E-state index contributed by atoms with van der Waals surface area (Å²) < 4.78 is 5.69. The molecule has 4 heteroatoms. The third kappa shape index (κ3) is 3.04. The van der Waals surface area contributed by atoms with Crippen LogP contribution in [0.2, 0.25) is 5.02 Å². The quantitative estimate of drug-likeness (QED) is 0.942. The molecule has 2 aromatic rings. The number of halogens is 1. The lowest BCUT2D eigenvalue weighted by atomic mass is 9.98. The zero-order chi connectivity index (χ0) is 15.0. The molecule has 0 radical (unpaired) electrons. The average Bonchev–Trinajstić information content (AvgIpc) is 2.85. The zero-order valence-corrected chi connectivity index (χ0v) is 12.9.